The fourth-order valence-corrected chi connectivity index (χ4v) is 6.26. The lowest BCUT2D eigenvalue weighted by Gasteiger charge is -2.30. The Balaban J connectivity index is 1.29. The second kappa shape index (κ2) is 8.69. The summed E-state index contributed by atoms with van der Waals surface area (Å²) in [5.74, 6) is -0.283. The summed E-state index contributed by atoms with van der Waals surface area (Å²) < 4.78 is 51.9. The van der Waals surface area contributed by atoms with Crippen LogP contribution in [0.5, 0.6) is 11.5 Å². The van der Waals surface area contributed by atoms with Crippen molar-refractivity contribution in [3.8, 4) is 11.5 Å². The van der Waals surface area contributed by atoms with Crippen LogP contribution in [0.2, 0.25) is 0 Å². The van der Waals surface area contributed by atoms with Crippen LogP contribution in [0.3, 0.4) is 0 Å². The van der Waals surface area contributed by atoms with Gasteiger partial charge in [-0.15, -0.1) is 10.2 Å². The highest BCUT2D eigenvalue weighted by Crippen LogP contribution is 2.35. The number of hydrogen-bond acceptors (Lipinski definition) is 8. The summed E-state index contributed by atoms with van der Waals surface area (Å²) in [6.45, 7) is 0.579. The molecule has 2 aliphatic rings. The van der Waals surface area contributed by atoms with Crippen LogP contribution >= 0.6 is 11.3 Å². The number of ether oxygens (including phenoxy) is 2. The second-order valence-electron chi connectivity index (χ2n) is 7.60. The van der Waals surface area contributed by atoms with Gasteiger partial charge in [-0.2, -0.15) is 4.31 Å². The molecule has 1 amide bonds. The molecule has 0 saturated carbocycles. The van der Waals surface area contributed by atoms with E-state index in [1.54, 1.807) is 18.2 Å². The zero-order chi connectivity index (χ0) is 23.0. The highest BCUT2D eigenvalue weighted by molar-refractivity contribution is 7.89. The number of halogens is 1. The van der Waals surface area contributed by atoms with Gasteiger partial charge in [-0.25, -0.2) is 12.8 Å². The molecule has 2 aliphatic heterocycles. The monoisotopic (exact) mass is 490 g/mol. The number of benzene rings is 2. The number of fused-ring (bicyclic) bond motifs is 1. The fraction of sp³-hybridized carbons (Fsp3) is 0.286. The maximum Gasteiger partial charge on any atom is 0.286 e. The lowest BCUT2D eigenvalue weighted by molar-refractivity contribution is 0.102. The van der Waals surface area contributed by atoms with Gasteiger partial charge in [-0.3, -0.25) is 4.79 Å². The smallest absolute Gasteiger partial charge is 0.286 e. The number of rotatable bonds is 5. The van der Waals surface area contributed by atoms with E-state index in [1.165, 1.54) is 22.5 Å². The fourth-order valence-electron chi connectivity index (χ4n) is 3.81. The number of nitrogens with zero attached hydrogens (tertiary/aromatic N) is 3. The number of sulfonamides is 1. The average Bonchev–Trinajstić information content (AvgIpc) is 3.49. The molecule has 0 radical (unpaired) electrons. The normalized spacial score (nSPS) is 18.3. The van der Waals surface area contributed by atoms with Crippen LogP contribution in [-0.2, 0) is 10.0 Å². The quantitative estimate of drug-likeness (QED) is 0.585. The van der Waals surface area contributed by atoms with E-state index in [0.717, 1.165) is 17.4 Å². The minimum absolute atomic E-state index is 0.136. The lowest BCUT2D eigenvalue weighted by Crippen LogP contribution is -2.39. The minimum atomic E-state index is -3.98. The van der Waals surface area contributed by atoms with Crippen molar-refractivity contribution in [3.63, 3.8) is 0 Å². The number of hydrogen-bond donors (Lipinski definition) is 1. The molecule has 2 aromatic carbocycles. The van der Waals surface area contributed by atoms with Crippen LogP contribution in [0.1, 0.15) is 33.6 Å². The summed E-state index contributed by atoms with van der Waals surface area (Å²) >= 11 is 1.12. The molecule has 5 rings (SSSR count). The molecule has 0 spiro atoms. The SMILES string of the molecule is O=C(Nc1ccc2c(c1)OCO2)c1nnc([C@H]2CCCN(S(=O)(=O)c3ccccc3F)C2)s1. The topological polar surface area (TPSA) is 111 Å². The number of anilines is 1. The first-order chi connectivity index (χ1) is 15.9. The van der Waals surface area contributed by atoms with E-state index in [1.807, 2.05) is 0 Å². The molecule has 1 saturated heterocycles. The molecule has 9 nitrogen and oxygen atoms in total. The number of carbonyl (C=O) groups excluding carboxylic acids is 1. The van der Waals surface area contributed by atoms with Gasteiger partial charge in [0, 0.05) is 30.8 Å². The van der Waals surface area contributed by atoms with Crippen molar-refractivity contribution >= 4 is 33.0 Å². The summed E-state index contributed by atoms with van der Waals surface area (Å²) in [6.07, 6.45) is 1.29. The predicted octanol–water partition coefficient (Wildman–Crippen LogP) is 3.23. The van der Waals surface area contributed by atoms with E-state index < -0.39 is 21.7 Å². The van der Waals surface area contributed by atoms with Crippen LogP contribution in [0.4, 0.5) is 10.1 Å². The Hall–Kier alpha value is -3.09. The van der Waals surface area contributed by atoms with Gasteiger partial charge in [0.15, 0.2) is 11.5 Å². The number of amides is 1. The first-order valence-electron chi connectivity index (χ1n) is 10.2. The maximum absolute atomic E-state index is 14.1. The molecule has 33 heavy (non-hydrogen) atoms. The number of piperidine rings is 1. The third-order valence-corrected chi connectivity index (χ3v) is 8.44. The Morgan fingerprint density at radius 2 is 1.97 bits per heavy atom. The van der Waals surface area contributed by atoms with Gasteiger partial charge in [0.2, 0.25) is 21.8 Å². The van der Waals surface area contributed by atoms with Gasteiger partial charge in [-0.1, -0.05) is 23.5 Å². The summed E-state index contributed by atoms with van der Waals surface area (Å²) in [4.78, 5) is 12.3. The molecule has 3 heterocycles. The van der Waals surface area contributed by atoms with Gasteiger partial charge < -0.3 is 14.8 Å². The Morgan fingerprint density at radius 1 is 1.15 bits per heavy atom. The lowest BCUT2D eigenvalue weighted by atomic mass is 10.0. The Bertz CT molecular complexity index is 1310. The van der Waals surface area contributed by atoms with Gasteiger partial charge in [0.05, 0.1) is 0 Å². The summed E-state index contributed by atoms with van der Waals surface area (Å²) in [6, 6.07) is 10.4. The molecule has 1 aromatic heterocycles. The highest BCUT2D eigenvalue weighted by Gasteiger charge is 2.34. The van der Waals surface area contributed by atoms with Crippen molar-refractivity contribution in [2.45, 2.75) is 23.7 Å². The molecule has 0 aliphatic carbocycles. The van der Waals surface area contributed by atoms with Crippen molar-refractivity contribution in [2.24, 2.45) is 0 Å². The van der Waals surface area contributed by atoms with Crippen molar-refractivity contribution in [2.75, 3.05) is 25.2 Å². The third kappa shape index (κ3) is 4.28. The van der Waals surface area contributed by atoms with Crippen molar-refractivity contribution in [3.05, 3.63) is 58.3 Å². The van der Waals surface area contributed by atoms with Gasteiger partial charge in [-0.05, 0) is 37.1 Å². The predicted molar refractivity (Wildman–Crippen MR) is 118 cm³/mol. The zero-order valence-corrected chi connectivity index (χ0v) is 18.9. The average molecular weight is 491 g/mol. The number of aromatic nitrogens is 2. The van der Waals surface area contributed by atoms with E-state index in [-0.39, 0.29) is 29.2 Å². The molecule has 1 N–H and O–H groups in total. The Morgan fingerprint density at radius 3 is 2.82 bits per heavy atom. The maximum atomic E-state index is 14.1. The first-order valence-corrected chi connectivity index (χ1v) is 12.5. The molecule has 3 aromatic rings. The number of carbonyl (C=O) groups is 1. The van der Waals surface area contributed by atoms with E-state index in [9.17, 15) is 17.6 Å². The van der Waals surface area contributed by atoms with E-state index in [4.69, 9.17) is 9.47 Å². The molecule has 0 unspecified atom stereocenters. The minimum Gasteiger partial charge on any atom is -0.454 e. The first kappa shape index (κ1) is 21.7. The third-order valence-electron chi connectivity index (χ3n) is 5.45. The van der Waals surface area contributed by atoms with Crippen LogP contribution in [0, 0.1) is 5.82 Å². The van der Waals surface area contributed by atoms with Crippen molar-refractivity contribution in [1.82, 2.24) is 14.5 Å². The summed E-state index contributed by atoms with van der Waals surface area (Å²) in [5.41, 5.74) is 0.529. The van der Waals surface area contributed by atoms with Gasteiger partial charge >= 0.3 is 0 Å². The van der Waals surface area contributed by atoms with Gasteiger partial charge in [0.1, 0.15) is 15.7 Å². The van der Waals surface area contributed by atoms with Crippen molar-refractivity contribution < 1.29 is 27.1 Å². The largest absolute Gasteiger partial charge is 0.454 e. The van der Waals surface area contributed by atoms with Crippen LogP contribution in [0.25, 0.3) is 0 Å². The molecule has 12 heteroatoms. The van der Waals surface area contributed by atoms with E-state index >= 15 is 0 Å². The molecule has 0 bridgehead atoms. The zero-order valence-electron chi connectivity index (χ0n) is 17.2. The molecule has 172 valence electrons. The van der Waals surface area contributed by atoms with Crippen LogP contribution < -0.4 is 14.8 Å². The van der Waals surface area contributed by atoms with Crippen LogP contribution in [0.15, 0.2) is 47.4 Å². The highest BCUT2D eigenvalue weighted by atomic mass is 32.2. The Labute approximate surface area is 193 Å². The molecule has 1 fully saturated rings. The van der Waals surface area contributed by atoms with Gasteiger partial charge in [0.25, 0.3) is 5.91 Å². The molecular weight excluding hydrogens is 471 g/mol. The second-order valence-corrected chi connectivity index (χ2v) is 10.5. The standard InChI is InChI=1S/C21H19FN4O5S2/c22-15-5-1-2-6-18(15)33(28,29)26-9-3-4-13(11-26)20-24-25-21(32-20)19(27)23-14-7-8-16-17(10-14)31-12-30-16/h1-2,5-8,10,13H,3-4,9,11-12H2,(H,23,27)/t13-/m0/s1. The Kier molecular flexibility index (Phi) is 5.72. The summed E-state index contributed by atoms with van der Waals surface area (Å²) in [7, 11) is -3.98. The van der Waals surface area contributed by atoms with Crippen LogP contribution in [-0.4, -0.2) is 48.7 Å². The van der Waals surface area contributed by atoms with Crippen molar-refractivity contribution in [1.29, 1.82) is 0 Å². The summed E-state index contributed by atoms with van der Waals surface area (Å²) in [5, 5.41) is 11.6. The van der Waals surface area contributed by atoms with E-state index in [0.29, 0.717) is 41.6 Å². The molecule has 1 atom stereocenters. The number of nitrogens with one attached hydrogen (secondary N) is 1. The molecular formula is C21H19FN4O5S2. The van der Waals surface area contributed by atoms with E-state index in [2.05, 4.69) is 15.5 Å².